The van der Waals surface area contributed by atoms with Gasteiger partial charge in [0.25, 0.3) is 0 Å². The van der Waals surface area contributed by atoms with Crippen LogP contribution in [0, 0.1) is 0 Å². The van der Waals surface area contributed by atoms with Crippen molar-refractivity contribution in [2.75, 3.05) is 0 Å². The third-order valence-corrected chi connectivity index (χ3v) is 5.76. The third-order valence-electron chi connectivity index (χ3n) is 3.90. The molecule has 3 heteroatoms. The van der Waals surface area contributed by atoms with E-state index in [2.05, 4.69) is 0 Å². The number of ether oxygens (including phenoxy) is 1. The van der Waals surface area contributed by atoms with Gasteiger partial charge in [-0.25, -0.2) is 0 Å². The molecule has 2 atom stereocenters. The molecule has 16 heavy (non-hydrogen) atoms. The molecule has 0 amide bonds. The molecule has 86 valence electrons. The number of rotatable bonds is 2. The number of epoxide rings is 1. The summed E-state index contributed by atoms with van der Waals surface area (Å²) in [6.45, 7) is 2.00. The highest BCUT2D eigenvalue weighted by atomic mass is 32.2. The molecule has 1 heterocycles. The number of hydrogen-bond donors (Lipinski definition) is 0. The molecule has 1 spiro atoms. The number of benzene rings is 1. The first kappa shape index (κ1) is 10.5. The molecule has 0 bridgehead atoms. The Bertz CT molecular complexity index is 423. The van der Waals surface area contributed by atoms with Gasteiger partial charge in [0.05, 0.1) is 10.8 Å². The van der Waals surface area contributed by atoms with E-state index in [1.807, 2.05) is 37.3 Å². The summed E-state index contributed by atoms with van der Waals surface area (Å²) in [6.07, 6.45) is 4.56. The summed E-state index contributed by atoms with van der Waals surface area (Å²) < 4.78 is 18.3. The van der Waals surface area contributed by atoms with Crippen LogP contribution in [-0.2, 0) is 15.5 Å². The Hall–Kier alpha value is -0.670. The minimum Gasteiger partial charge on any atom is -0.348 e. The van der Waals surface area contributed by atoms with Gasteiger partial charge < -0.3 is 4.74 Å². The largest absolute Gasteiger partial charge is 0.348 e. The highest BCUT2D eigenvalue weighted by Gasteiger charge is 2.71. The predicted molar refractivity (Wildman–Crippen MR) is 63.5 cm³/mol. The molecule has 1 aromatic rings. The maximum absolute atomic E-state index is 12.5. The van der Waals surface area contributed by atoms with Gasteiger partial charge >= 0.3 is 0 Å². The van der Waals surface area contributed by atoms with E-state index in [-0.39, 0.29) is 5.60 Å². The summed E-state index contributed by atoms with van der Waals surface area (Å²) in [4.78, 5) is 0.443. The first-order valence-corrected chi connectivity index (χ1v) is 7.00. The van der Waals surface area contributed by atoms with E-state index in [0.29, 0.717) is 0 Å². The summed E-state index contributed by atoms with van der Waals surface area (Å²) >= 11 is 0. The molecule has 2 fully saturated rings. The normalized spacial score (nSPS) is 32.8. The van der Waals surface area contributed by atoms with Crippen molar-refractivity contribution in [1.82, 2.24) is 0 Å². The first-order valence-electron chi connectivity index (χ1n) is 5.85. The van der Waals surface area contributed by atoms with Crippen molar-refractivity contribution in [3.8, 4) is 0 Å². The molecular formula is C13H16O2S. The van der Waals surface area contributed by atoms with Crippen LogP contribution in [0.3, 0.4) is 0 Å². The maximum atomic E-state index is 12.5. The van der Waals surface area contributed by atoms with Crippen molar-refractivity contribution in [3.63, 3.8) is 0 Å². The maximum Gasteiger partial charge on any atom is 0.174 e. The van der Waals surface area contributed by atoms with E-state index in [4.69, 9.17) is 4.74 Å². The van der Waals surface area contributed by atoms with Crippen LogP contribution in [0.5, 0.6) is 0 Å². The molecule has 0 aromatic heterocycles. The Morgan fingerprint density at radius 1 is 1.19 bits per heavy atom. The van der Waals surface area contributed by atoms with Gasteiger partial charge in [0.2, 0.25) is 0 Å². The van der Waals surface area contributed by atoms with Crippen molar-refractivity contribution in [2.45, 2.75) is 48.0 Å². The third kappa shape index (κ3) is 1.31. The lowest BCUT2D eigenvalue weighted by Crippen LogP contribution is -2.25. The fourth-order valence-corrected chi connectivity index (χ4v) is 4.46. The summed E-state index contributed by atoms with van der Waals surface area (Å²) in [5.41, 5.74) is -0.0757. The molecule has 2 nitrogen and oxygen atoms in total. The van der Waals surface area contributed by atoms with Crippen LogP contribution in [0.1, 0.15) is 32.6 Å². The zero-order chi connectivity index (χ0) is 11.2. The molecule has 3 rings (SSSR count). The van der Waals surface area contributed by atoms with Crippen molar-refractivity contribution < 1.29 is 8.95 Å². The summed E-state index contributed by atoms with van der Waals surface area (Å²) in [5.74, 6) is 0. The average Bonchev–Trinajstić information content (AvgIpc) is 2.69. The average molecular weight is 236 g/mol. The van der Waals surface area contributed by atoms with E-state index in [1.54, 1.807) is 0 Å². The smallest absolute Gasteiger partial charge is 0.174 e. The molecule has 1 aromatic carbocycles. The van der Waals surface area contributed by atoms with Gasteiger partial charge in [-0.15, -0.1) is 0 Å². The van der Waals surface area contributed by atoms with Crippen LogP contribution in [0.15, 0.2) is 35.2 Å². The van der Waals surface area contributed by atoms with Crippen LogP contribution in [0.4, 0.5) is 0 Å². The SMILES string of the molecule is CC1(S(=O)c2ccccc2)OC12CCCC2. The second-order valence-corrected chi connectivity index (χ2v) is 6.62. The highest BCUT2D eigenvalue weighted by Crippen LogP contribution is 2.60. The lowest BCUT2D eigenvalue weighted by Gasteiger charge is -2.10. The molecule has 0 radical (unpaired) electrons. The van der Waals surface area contributed by atoms with Gasteiger partial charge in [-0.2, -0.15) is 0 Å². The van der Waals surface area contributed by atoms with E-state index < -0.39 is 15.7 Å². The summed E-state index contributed by atoms with van der Waals surface area (Å²) in [7, 11) is -1.04. The molecular weight excluding hydrogens is 220 g/mol. The van der Waals surface area contributed by atoms with Crippen LogP contribution in [-0.4, -0.2) is 14.7 Å². The zero-order valence-electron chi connectivity index (χ0n) is 9.44. The Morgan fingerprint density at radius 3 is 2.44 bits per heavy atom. The van der Waals surface area contributed by atoms with E-state index >= 15 is 0 Å². The van der Waals surface area contributed by atoms with E-state index in [0.717, 1.165) is 17.7 Å². The highest BCUT2D eigenvalue weighted by molar-refractivity contribution is 7.86. The van der Waals surface area contributed by atoms with Crippen LogP contribution < -0.4 is 0 Å². The molecule has 1 saturated heterocycles. The molecule has 0 N–H and O–H groups in total. The lowest BCUT2D eigenvalue weighted by atomic mass is 10.1. The van der Waals surface area contributed by atoms with Crippen LogP contribution >= 0.6 is 0 Å². The fourth-order valence-electron chi connectivity index (χ4n) is 2.83. The zero-order valence-corrected chi connectivity index (χ0v) is 10.3. The minimum absolute atomic E-state index is 0.0757. The second kappa shape index (κ2) is 3.41. The Kier molecular flexibility index (Phi) is 2.23. The van der Waals surface area contributed by atoms with Gasteiger partial charge in [0.15, 0.2) is 4.93 Å². The van der Waals surface area contributed by atoms with E-state index in [1.165, 1.54) is 12.8 Å². The van der Waals surface area contributed by atoms with Crippen molar-refractivity contribution in [3.05, 3.63) is 30.3 Å². The second-order valence-electron chi connectivity index (χ2n) is 4.83. The lowest BCUT2D eigenvalue weighted by molar-refractivity contribution is 0.293. The topological polar surface area (TPSA) is 29.6 Å². The molecule has 1 aliphatic carbocycles. The van der Waals surface area contributed by atoms with E-state index in [9.17, 15) is 4.21 Å². The summed E-state index contributed by atoms with van der Waals surface area (Å²) in [6, 6.07) is 9.65. The van der Waals surface area contributed by atoms with Gasteiger partial charge in [-0.1, -0.05) is 31.0 Å². The van der Waals surface area contributed by atoms with Gasteiger partial charge in [0, 0.05) is 4.90 Å². The van der Waals surface area contributed by atoms with Crippen LogP contribution in [0.25, 0.3) is 0 Å². The first-order chi connectivity index (χ1) is 7.68. The molecule has 1 saturated carbocycles. The molecule has 1 aliphatic heterocycles. The van der Waals surface area contributed by atoms with Crippen molar-refractivity contribution in [1.29, 1.82) is 0 Å². The van der Waals surface area contributed by atoms with Gasteiger partial charge in [-0.3, -0.25) is 4.21 Å². The molecule has 2 aliphatic rings. The fraction of sp³-hybridized carbons (Fsp3) is 0.538. The monoisotopic (exact) mass is 236 g/mol. The minimum atomic E-state index is -1.04. The number of hydrogen-bond acceptors (Lipinski definition) is 2. The van der Waals surface area contributed by atoms with Gasteiger partial charge in [0.1, 0.15) is 5.60 Å². The van der Waals surface area contributed by atoms with Gasteiger partial charge in [-0.05, 0) is 31.9 Å². The quantitative estimate of drug-likeness (QED) is 0.739. The van der Waals surface area contributed by atoms with Crippen molar-refractivity contribution in [2.24, 2.45) is 0 Å². The standard InChI is InChI=1S/C13H16O2S/c1-12(13(15-12)9-5-6-10-13)16(14)11-7-3-2-4-8-11/h2-4,7-8H,5-6,9-10H2,1H3. The Morgan fingerprint density at radius 2 is 1.81 bits per heavy atom. The molecule has 2 unspecified atom stereocenters. The van der Waals surface area contributed by atoms with Crippen molar-refractivity contribution >= 4 is 10.8 Å². The Balaban J connectivity index is 1.87. The van der Waals surface area contributed by atoms with Crippen LogP contribution in [0.2, 0.25) is 0 Å². The summed E-state index contributed by atoms with van der Waals surface area (Å²) in [5, 5.41) is 0. The predicted octanol–water partition coefficient (Wildman–Crippen LogP) is 2.85. The Labute approximate surface area is 98.5 Å².